The van der Waals surface area contributed by atoms with Crippen molar-refractivity contribution in [1.29, 1.82) is 0 Å². The molecule has 1 atom stereocenters. The second-order valence-corrected chi connectivity index (χ2v) is 4.54. The van der Waals surface area contributed by atoms with E-state index in [0.717, 1.165) is 45.3 Å². The number of hydrogen-bond acceptors (Lipinski definition) is 3. The van der Waals surface area contributed by atoms with E-state index in [4.69, 9.17) is 5.11 Å². The smallest absolute Gasteiger partial charge is 0.320 e. The highest BCUT2D eigenvalue weighted by atomic mass is 16.4. The van der Waals surface area contributed by atoms with Gasteiger partial charge in [0.2, 0.25) is 0 Å². The summed E-state index contributed by atoms with van der Waals surface area (Å²) in [5, 5.41) is 9.14. The molecule has 0 radical (unpaired) electrons. The van der Waals surface area contributed by atoms with Crippen LogP contribution < -0.4 is 0 Å². The summed E-state index contributed by atoms with van der Waals surface area (Å²) in [5.74, 6) is -0.674. The molecule has 5 nitrogen and oxygen atoms in total. The van der Waals surface area contributed by atoms with Crippen molar-refractivity contribution < 1.29 is 9.90 Å². The minimum atomic E-state index is -0.674. The van der Waals surface area contributed by atoms with Crippen LogP contribution in [0.1, 0.15) is 25.7 Å². The van der Waals surface area contributed by atoms with E-state index >= 15 is 0 Å². The number of aliphatic carboxylic acids is 1. The Morgan fingerprint density at radius 1 is 1.41 bits per heavy atom. The van der Waals surface area contributed by atoms with E-state index < -0.39 is 5.97 Å². The maximum Gasteiger partial charge on any atom is 0.320 e. The quantitative estimate of drug-likeness (QED) is 0.836. The van der Waals surface area contributed by atoms with E-state index in [1.807, 2.05) is 10.8 Å². The summed E-state index contributed by atoms with van der Waals surface area (Å²) in [5.41, 5.74) is 0. The molecule has 17 heavy (non-hydrogen) atoms. The number of carbonyl (C=O) groups is 1. The zero-order valence-electron chi connectivity index (χ0n) is 9.96. The van der Waals surface area contributed by atoms with Crippen molar-refractivity contribution in [2.75, 3.05) is 13.1 Å². The van der Waals surface area contributed by atoms with Crippen LogP contribution in [0.15, 0.2) is 18.7 Å². The molecule has 1 saturated heterocycles. The van der Waals surface area contributed by atoms with Crippen LogP contribution in [0.3, 0.4) is 0 Å². The Balaban J connectivity index is 1.78. The minimum absolute atomic E-state index is 0.272. The number of rotatable bonds is 5. The first kappa shape index (κ1) is 12.1. The molecule has 1 fully saturated rings. The number of hydrogen-bond donors (Lipinski definition) is 1. The summed E-state index contributed by atoms with van der Waals surface area (Å²) in [7, 11) is 0. The molecule has 0 spiro atoms. The van der Waals surface area contributed by atoms with E-state index in [1.165, 1.54) is 0 Å². The Morgan fingerprint density at radius 3 is 3.00 bits per heavy atom. The molecule has 0 aromatic carbocycles. The fraction of sp³-hybridized carbons (Fsp3) is 0.667. The van der Waals surface area contributed by atoms with Crippen molar-refractivity contribution in [3.8, 4) is 0 Å². The van der Waals surface area contributed by atoms with E-state index in [0.29, 0.717) is 0 Å². The van der Waals surface area contributed by atoms with Gasteiger partial charge in [0, 0.05) is 25.5 Å². The van der Waals surface area contributed by atoms with Crippen molar-refractivity contribution in [2.45, 2.75) is 38.3 Å². The first-order chi connectivity index (χ1) is 8.27. The highest BCUT2D eigenvalue weighted by Gasteiger charge is 2.27. The number of aromatic nitrogens is 2. The van der Waals surface area contributed by atoms with Gasteiger partial charge in [0.15, 0.2) is 0 Å². The number of likely N-dealkylation sites (tertiary alicyclic amines) is 1. The van der Waals surface area contributed by atoms with Gasteiger partial charge in [-0.25, -0.2) is 4.98 Å². The van der Waals surface area contributed by atoms with Crippen LogP contribution in [0.4, 0.5) is 0 Å². The van der Waals surface area contributed by atoms with Crippen LogP contribution >= 0.6 is 0 Å². The van der Waals surface area contributed by atoms with Crippen LogP contribution in [0.5, 0.6) is 0 Å². The molecule has 5 heteroatoms. The first-order valence-corrected chi connectivity index (χ1v) is 6.20. The fourth-order valence-corrected chi connectivity index (χ4v) is 2.41. The zero-order valence-corrected chi connectivity index (χ0v) is 9.96. The highest BCUT2D eigenvalue weighted by Crippen LogP contribution is 2.17. The lowest BCUT2D eigenvalue weighted by atomic mass is 10.0. The Morgan fingerprint density at radius 2 is 2.29 bits per heavy atom. The molecule has 1 aliphatic rings. The minimum Gasteiger partial charge on any atom is -0.480 e. The van der Waals surface area contributed by atoms with Gasteiger partial charge in [-0.3, -0.25) is 9.69 Å². The third kappa shape index (κ3) is 3.30. The summed E-state index contributed by atoms with van der Waals surface area (Å²) in [6.07, 6.45) is 9.42. The number of carboxylic acids is 1. The molecule has 0 aliphatic carbocycles. The van der Waals surface area contributed by atoms with Gasteiger partial charge in [0.05, 0.1) is 6.33 Å². The Hall–Kier alpha value is -1.36. The standard InChI is InChI=1S/C12H19N3O2/c16-12(17)11-4-1-2-7-15(11)8-3-6-14-9-5-13-10-14/h5,9-11H,1-4,6-8H2,(H,16,17). The SMILES string of the molecule is O=C(O)C1CCCCN1CCCn1ccnc1. The summed E-state index contributed by atoms with van der Waals surface area (Å²) >= 11 is 0. The van der Waals surface area contributed by atoms with Crippen molar-refractivity contribution in [3.05, 3.63) is 18.7 Å². The van der Waals surface area contributed by atoms with E-state index in [9.17, 15) is 4.79 Å². The second kappa shape index (κ2) is 5.82. The van der Waals surface area contributed by atoms with Crippen molar-refractivity contribution in [1.82, 2.24) is 14.5 Å². The van der Waals surface area contributed by atoms with Gasteiger partial charge in [-0.1, -0.05) is 6.42 Å². The Bertz CT molecular complexity index is 351. The predicted molar refractivity (Wildman–Crippen MR) is 63.7 cm³/mol. The lowest BCUT2D eigenvalue weighted by molar-refractivity contribution is -0.144. The summed E-state index contributed by atoms with van der Waals surface area (Å²) in [6, 6.07) is -0.272. The topological polar surface area (TPSA) is 58.4 Å². The van der Waals surface area contributed by atoms with Gasteiger partial charge in [0.1, 0.15) is 6.04 Å². The van der Waals surface area contributed by atoms with Crippen LogP contribution in [-0.4, -0.2) is 44.7 Å². The molecular formula is C12H19N3O2. The molecule has 2 rings (SSSR count). The average Bonchev–Trinajstić information content (AvgIpc) is 2.82. The summed E-state index contributed by atoms with van der Waals surface area (Å²) in [4.78, 5) is 17.2. The summed E-state index contributed by atoms with van der Waals surface area (Å²) < 4.78 is 2.03. The number of piperidine rings is 1. The fourth-order valence-electron chi connectivity index (χ4n) is 2.41. The molecule has 1 aliphatic heterocycles. The molecule has 0 bridgehead atoms. The molecule has 2 heterocycles. The maximum atomic E-state index is 11.1. The molecule has 94 valence electrons. The lowest BCUT2D eigenvalue weighted by Crippen LogP contribution is -2.45. The molecule has 1 N–H and O–H groups in total. The van der Waals surface area contributed by atoms with Gasteiger partial charge in [-0.05, 0) is 25.8 Å². The predicted octanol–water partition coefficient (Wildman–Crippen LogP) is 1.21. The molecular weight excluding hydrogens is 218 g/mol. The molecule has 0 amide bonds. The molecule has 1 aromatic heterocycles. The number of aryl methyl sites for hydroxylation is 1. The van der Waals surface area contributed by atoms with Crippen LogP contribution in [0.25, 0.3) is 0 Å². The van der Waals surface area contributed by atoms with Gasteiger partial charge >= 0.3 is 5.97 Å². The molecule has 0 saturated carbocycles. The maximum absolute atomic E-state index is 11.1. The van der Waals surface area contributed by atoms with E-state index in [2.05, 4.69) is 9.88 Å². The number of nitrogens with zero attached hydrogens (tertiary/aromatic N) is 3. The monoisotopic (exact) mass is 237 g/mol. The average molecular weight is 237 g/mol. The van der Waals surface area contributed by atoms with Crippen molar-refractivity contribution in [3.63, 3.8) is 0 Å². The van der Waals surface area contributed by atoms with Gasteiger partial charge in [-0.15, -0.1) is 0 Å². The first-order valence-electron chi connectivity index (χ1n) is 6.20. The van der Waals surface area contributed by atoms with Gasteiger partial charge in [-0.2, -0.15) is 0 Å². The van der Waals surface area contributed by atoms with Crippen LogP contribution in [-0.2, 0) is 11.3 Å². The molecule has 1 aromatic rings. The summed E-state index contributed by atoms with van der Waals surface area (Å²) in [6.45, 7) is 2.68. The van der Waals surface area contributed by atoms with Gasteiger partial charge < -0.3 is 9.67 Å². The normalized spacial score (nSPS) is 21.5. The number of imidazole rings is 1. The largest absolute Gasteiger partial charge is 0.480 e. The van der Waals surface area contributed by atoms with Crippen LogP contribution in [0, 0.1) is 0 Å². The highest BCUT2D eigenvalue weighted by molar-refractivity contribution is 5.73. The second-order valence-electron chi connectivity index (χ2n) is 4.54. The lowest BCUT2D eigenvalue weighted by Gasteiger charge is -2.32. The van der Waals surface area contributed by atoms with E-state index in [-0.39, 0.29) is 6.04 Å². The van der Waals surface area contributed by atoms with Crippen molar-refractivity contribution >= 4 is 5.97 Å². The van der Waals surface area contributed by atoms with E-state index in [1.54, 1.807) is 12.5 Å². The van der Waals surface area contributed by atoms with Gasteiger partial charge in [0.25, 0.3) is 0 Å². The Kier molecular flexibility index (Phi) is 4.14. The van der Waals surface area contributed by atoms with Crippen molar-refractivity contribution in [2.24, 2.45) is 0 Å². The molecule has 1 unspecified atom stereocenters. The third-order valence-corrected chi connectivity index (χ3v) is 3.32. The third-order valence-electron chi connectivity index (χ3n) is 3.32. The van der Waals surface area contributed by atoms with Crippen LogP contribution in [0.2, 0.25) is 0 Å². The number of carboxylic acid groups (broad SMARTS) is 1. The Labute approximate surface area is 101 Å². The zero-order chi connectivity index (χ0) is 12.1.